The normalized spacial score (nSPS) is 11.2. The van der Waals surface area contributed by atoms with Gasteiger partial charge in [0.2, 0.25) is 0 Å². The van der Waals surface area contributed by atoms with Crippen molar-refractivity contribution < 1.29 is 0 Å². The molecular weight excluding hydrogens is 206 g/mol. The van der Waals surface area contributed by atoms with Crippen LogP contribution in [0.4, 0.5) is 5.69 Å². The summed E-state index contributed by atoms with van der Waals surface area (Å²) in [5, 5.41) is 0. The molecule has 0 atom stereocenters. The molecule has 1 nitrogen and oxygen atoms in total. The first-order valence-electron chi connectivity index (χ1n) is 6.89. The van der Waals surface area contributed by atoms with Gasteiger partial charge in [-0.15, -0.1) is 0 Å². The molecule has 0 unspecified atom stereocenters. The summed E-state index contributed by atoms with van der Waals surface area (Å²) in [7, 11) is 0. The van der Waals surface area contributed by atoms with Crippen LogP contribution in [-0.2, 0) is 0 Å². The van der Waals surface area contributed by atoms with Gasteiger partial charge in [-0.2, -0.15) is 0 Å². The quantitative estimate of drug-likeness (QED) is 0.666. The van der Waals surface area contributed by atoms with E-state index in [0.29, 0.717) is 0 Å². The third-order valence-electron chi connectivity index (χ3n) is 3.07. The Morgan fingerprint density at radius 1 is 0.824 bits per heavy atom. The molecule has 0 aromatic heterocycles. The number of benzene rings is 1. The van der Waals surface area contributed by atoms with E-state index >= 15 is 0 Å². The number of nitrogens with zero attached hydrogens (tertiary/aromatic N) is 1. The van der Waals surface area contributed by atoms with Gasteiger partial charge in [0.1, 0.15) is 0 Å². The Hall–Kier alpha value is -0.980. The number of hydrogen-bond acceptors (Lipinski definition) is 1. The van der Waals surface area contributed by atoms with Gasteiger partial charge in [-0.1, -0.05) is 45.9 Å². The zero-order valence-electron chi connectivity index (χ0n) is 11.8. The largest absolute Gasteiger partial charge is 0.372 e. The molecule has 0 amide bonds. The highest BCUT2D eigenvalue weighted by Gasteiger charge is 2.07. The second-order valence-electron chi connectivity index (χ2n) is 5.69. The van der Waals surface area contributed by atoms with E-state index in [1.807, 2.05) is 0 Å². The average molecular weight is 233 g/mol. The third kappa shape index (κ3) is 5.76. The highest BCUT2D eigenvalue weighted by molar-refractivity contribution is 5.45. The second-order valence-corrected chi connectivity index (χ2v) is 5.69. The first-order chi connectivity index (χ1) is 8.09. The molecule has 0 N–H and O–H groups in total. The Balaban J connectivity index is 2.58. The van der Waals surface area contributed by atoms with Crippen molar-refractivity contribution in [3.05, 3.63) is 30.3 Å². The van der Waals surface area contributed by atoms with Crippen LogP contribution in [0.25, 0.3) is 0 Å². The third-order valence-corrected chi connectivity index (χ3v) is 3.07. The van der Waals surface area contributed by atoms with Gasteiger partial charge in [0, 0.05) is 18.8 Å². The van der Waals surface area contributed by atoms with Crippen molar-refractivity contribution in [1.82, 2.24) is 0 Å². The van der Waals surface area contributed by atoms with Crippen molar-refractivity contribution >= 4 is 5.69 Å². The Morgan fingerprint density at radius 3 is 1.71 bits per heavy atom. The number of hydrogen-bond donors (Lipinski definition) is 0. The lowest BCUT2D eigenvalue weighted by Crippen LogP contribution is -2.27. The maximum Gasteiger partial charge on any atom is 0.0366 e. The van der Waals surface area contributed by atoms with Crippen LogP contribution in [0.5, 0.6) is 0 Å². The van der Waals surface area contributed by atoms with Crippen LogP contribution in [0, 0.1) is 11.8 Å². The van der Waals surface area contributed by atoms with Crippen LogP contribution < -0.4 is 4.90 Å². The smallest absolute Gasteiger partial charge is 0.0366 e. The molecule has 1 rings (SSSR count). The lowest BCUT2D eigenvalue weighted by molar-refractivity contribution is 0.535. The van der Waals surface area contributed by atoms with Gasteiger partial charge >= 0.3 is 0 Å². The standard InChI is InChI=1S/C16H27N/c1-14(2)10-12-17(13-11-15(3)4)16-8-6-5-7-9-16/h5-9,14-15H,10-13H2,1-4H3. The van der Waals surface area contributed by atoms with E-state index in [-0.39, 0.29) is 0 Å². The molecule has 1 aromatic rings. The number of para-hydroxylation sites is 1. The Bertz CT molecular complexity index is 278. The Kier molecular flexibility index (Phi) is 6.10. The average Bonchev–Trinajstić information content (AvgIpc) is 2.29. The molecule has 0 spiro atoms. The molecule has 0 saturated heterocycles. The summed E-state index contributed by atoms with van der Waals surface area (Å²) in [6.07, 6.45) is 2.54. The Morgan fingerprint density at radius 2 is 1.29 bits per heavy atom. The van der Waals surface area contributed by atoms with E-state index in [0.717, 1.165) is 11.8 Å². The van der Waals surface area contributed by atoms with Gasteiger partial charge in [0.25, 0.3) is 0 Å². The molecule has 0 radical (unpaired) electrons. The Labute approximate surface area is 107 Å². The van der Waals surface area contributed by atoms with Crippen molar-refractivity contribution in [3.8, 4) is 0 Å². The topological polar surface area (TPSA) is 3.24 Å². The molecule has 0 aliphatic heterocycles. The number of rotatable bonds is 7. The van der Waals surface area contributed by atoms with E-state index in [1.54, 1.807) is 0 Å². The van der Waals surface area contributed by atoms with Crippen molar-refractivity contribution in [2.75, 3.05) is 18.0 Å². The minimum Gasteiger partial charge on any atom is -0.372 e. The summed E-state index contributed by atoms with van der Waals surface area (Å²) < 4.78 is 0. The van der Waals surface area contributed by atoms with Crippen LogP contribution in [0.1, 0.15) is 40.5 Å². The van der Waals surface area contributed by atoms with Gasteiger partial charge < -0.3 is 4.90 Å². The lowest BCUT2D eigenvalue weighted by Gasteiger charge is -2.26. The summed E-state index contributed by atoms with van der Waals surface area (Å²) in [6.45, 7) is 11.5. The van der Waals surface area contributed by atoms with E-state index in [9.17, 15) is 0 Å². The summed E-state index contributed by atoms with van der Waals surface area (Å²) in [5.74, 6) is 1.56. The summed E-state index contributed by atoms with van der Waals surface area (Å²) in [5.41, 5.74) is 1.37. The fraction of sp³-hybridized carbons (Fsp3) is 0.625. The predicted octanol–water partition coefficient (Wildman–Crippen LogP) is 4.59. The minimum absolute atomic E-state index is 0.778. The van der Waals surface area contributed by atoms with Crippen LogP contribution >= 0.6 is 0 Å². The van der Waals surface area contributed by atoms with Gasteiger partial charge in [-0.05, 0) is 36.8 Å². The van der Waals surface area contributed by atoms with E-state index < -0.39 is 0 Å². The van der Waals surface area contributed by atoms with Gasteiger partial charge in [0.15, 0.2) is 0 Å². The van der Waals surface area contributed by atoms with Crippen LogP contribution in [0.15, 0.2) is 30.3 Å². The zero-order valence-corrected chi connectivity index (χ0v) is 11.8. The number of anilines is 1. The maximum absolute atomic E-state index is 2.53. The molecule has 0 aliphatic carbocycles. The van der Waals surface area contributed by atoms with Crippen LogP contribution in [-0.4, -0.2) is 13.1 Å². The molecule has 0 fully saturated rings. The van der Waals surface area contributed by atoms with Crippen molar-refractivity contribution in [2.24, 2.45) is 11.8 Å². The summed E-state index contributed by atoms with van der Waals surface area (Å²) >= 11 is 0. The van der Waals surface area contributed by atoms with Crippen molar-refractivity contribution in [3.63, 3.8) is 0 Å². The van der Waals surface area contributed by atoms with Crippen molar-refractivity contribution in [2.45, 2.75) is 40.5 Å². The molecule has 0 aliphatic rings. The minimum atomic E-state index is 0.778. The highest BCUT2D eigenvalue weighted by Crippen LogP contribution is 2.16. The maximum atomic E-state index is 2.53. The molecule has 0 bridgehead atoms. The molecule has 17 heavy (non-hydrogen) atoms. The van der Waals surface area contributed by atoms with E-state index in [4.69, 9.17) is 0 Å². The lowest BCUT2D eigenvalue weighted by atomic mass is 10.1. The molecular formula is C16H27N. The SMILES string of the molecule is CC(C)CCN(CCC(C)C)c1ccccc1. The van der Waals surface area contributed by atoms with Crippen molar-refractivity contribution in [1.29, 1.82) is 0 Å². The van der Waals surface area contributed by atoms with E-state index in [1.165, 1.54) is 31.6 Å². The van der Waals surface area contributed by atoms with Crippen LogP contribution in [0.2, 0.25) is 0 Å². The van der Waals surface area contributed by atoms with Crippen LogP contribution in [0.3, 0.4) is 0 Å². The molecule has 1 aromatic carbocycles. The fourth-order valence-electron chi connectivity index (χ4n) is 1.84. The highest BCUT2D eigenvalue weighted by atomic mass is 15.1. The monoisotopic (exact) mass is 233 g/mol. The first kappa shape index (κ1) is 14.1. The molecule has 96 valence electrons. The molecule has 0 heterocycles. The summed E-state index contributed by atoms with van der Waals surface area (Å²) in [6, 6.07) is 10.8. The predicted molar refractivity (Wildman–Crippen MR) is 77.6 cm³/mol. The van der Waals surface area contributed by atoms with E-state index in [2.05, 4.69) is 62.9 Å². The first-order valence-corrected chi connectivity index (χ1v) is 6.89. The summed E-state index contributed by atoms with van der Waals surface area (Å²) in [4.78, 5) is 2.53. The molecule has 0 saturated carbocycles. The fourth-order valence-corrected chi connectivity index (χ4v) is 1.84. The molecule has 1 heteroatoms. The van der Waals surface area contributed by atoms with Gasteiger partial charge in [-0.25, -0.2) is 0 Å². The van der Waals surface area contributed by atoms with Gasteiger partial charge in [0.05, 0.1) is 0 Å². The second kappa shape index (κ2) is 7.37. The zero-order chi connectivity index (χ0) is 12.7. The van der Waals surface area contributed by atoms with Gasteiger partial charge in [-0.3, -0.25) is 0 Å².